The minimum atomic E-state index is -4.93. The summed E-state index contributed by atoms with van der Waals surface area (Å²) in [6.45, 7) is 6.54. The zero-order valence-electron chi connectivity index (χ0n) is 32.9. The van der Waals surface area contributed by atoms with Crippen LogP contribution in [-0.2, 0) is 29.1 Å². The summed E-state index contributed by atoms with van der Waals surface area (Å²) in [5.41, 5.74) is -4.57. The molecule has 3 fully saturated rings. The molecule has 1 aromatic carbocycles. The number of nitrogens with one attached hydrogen (secondary N) is 3. The summed E-state index contributed by atoms with van der Waals surface area (Å²) in [6, 6.07) is 1.41. The number of carbonyl (C=O) groups excluding carboxylic acids is 4. The summed E-state index contributed by atoms with van der Waals surface area (Å²) >= 11 is 0. The Morgan fingerprint density at radius 3 is 2.50 bits per heavy atom. The molecule has 1 aromatic heterocycles. The van der Waals surface area contributed by atoms with E-state index in [1.807, 2.05) is 13.0 Å². The quantitative estimate of drug-likeness (QED) is 0.228. The van der Waals surface area contributed by atoms with Gasteiger partial charge in [-0.25, -0.2) is 22.6 Å². The van der Waals surface area contributed by atoms with Gasteiger partial charge in [-0.05, 0) is 94.7 Å². The van der Waals surface area contributed by atoms with Crippen LogP contribution in [0.5, 0.6) is 11.6 Å². The van der Waals surface area contributed by atoms with Crippen molar-refractivity contribution >= 4 is 44.6 Å². The van der Waals surface area contributed by atoms with Crippen LogP contribution in [0.4, 0.5) is 22.4 Å². The lowest BCUT2D eigenvalue weighted by Crippen LogP contribution is -2.59. The van der Waals surface area contributed by atoms with Crippen molar-refractivity contribution in [3.63, 3.8) is 0 Å². The van der Waals surface area contributed by atoms with Crippen molar-refractivity contribution in [2.75, 3.05) is 13.2 Å². The molecule has 7 atom stereocenters. The molecule has 2 aliphatic heterocycles. The van der Waals surface area contributed by atoms with E-state index in [-0.39, 0.29) is 48.9 Å². The molecule has 2 aromatic rings. The third-order valence-corrected chi connectivity index (χ3v) is 13.1. The van der Waals surface area contributed by atoms with Gasteiger partial charge in [-0.1, -0.05) is 26.0 Å². The summed E-state index contributed by atoms with van der Waals surface area (Å²) in [6.07, 6.45) is -0.280. The number of ether oxygens (including phenoxy) is 3. The van der Waals surface area contributed by atoms with E-state index in [4.69, 9.17) is 14.2 Å². The van der Waals surface area contributed by atoms with Crippen LogP contribution in [0.15, 0.2) is 36.5 Å². The number of sulfonamides is 1. The molecule has 318 valence electrons. The molecule has 19 heteroatoms. The van der Waals surface area contributed by atoms with Crippen molar-refractivity contribution in [1.29, 1.82) is 0 Å². The van der Waals surface area contributed by atoms with Gasteiger partial charge in [0, 0.05) is 23.9 Å². The Morgan fingerprint density at radius 2 is 1.83 bits per heavy atom. The van der Waals surface area contributed by atoms with Crippen LogP contribution in [0.2, 0.25) is 0 Å². The Bertz CT molecular complexity index is 2080. The zero-order valence-corrected chi connectivity index (χ0v) is 33.7. The summed E-state index contributed by atoms with van der Waals surface area (Å²) in [4.78, 5) is 61.4. The Kier molecular flexibility index (Phi) is 12.0. The van der Waals surface area contributed by atoms with Crippen molar-refractivity contribution in [2.45, 2.75) is 120 Å². The van der Waals surface area contributed by atoms with E-state index in [2.05, 4.69) is 20.3 Å². The number of carbonyl (C=O) groups is 4. The van der Waals surface area contributed by atoms with Gasteiger partial charge in [0.1, 0.15) is 23.7 Å². The minimum absolute atomic E-state index is 0.0106. The second-order valence-electron chi connectivity index (χ2n) is 16.3. The summed E-state index contributed by atoms with van der Waals surface area (Å²) in [5, 5.41) is 5.15. The average molecular weight is 840 g/mol. The molecule has 0 radical (unpaired) electrons. The van der Waals surface area contributed by atoms with Gasteiger partial charge in [0.2, 0.25) is 33.3 Å². The van der Waals surface area contributed by atoms with Crippen LogP contribution in [0.1, 0.15) is 79.6 Å². The fourth-order valence-electron chi connectivity index (χ4n) is 7.61. The molecule has 0 bridgehead atoms. The summed E-state index contributed by atoms with van der Waals surface area (Å²) in [5.74, 6) is -4.59. The predicted molar refractivity (Wildman–Crippen MR) is 201 cm³/mol. The Morgan fingerprint density at radius 1 is 1.10 bits per heavy atom. The van der Waals surface area contributed by atoms with Crippen LogP contribution in [0.25, 0.3) is 10.8 Å². The van der Waals surface area contributed by atoms with E-state index in [1.54, 1.807) is 26.0 Å². The molecule has 1 saturated heterocycles. The SMILES string of the molecule is CCOc1cc2ccnc(O[C@@H]3C[C@H]4C(=O)N[C@]5(C(=O)NS(=O)(=O)C6CC6)C[C@H]5/C=C\CC[C@H](C)C[C@@H](C)[C@H](NC(=O)OC(C)(C)C(F)(F)F)C(=O)N4C3)c2cc1F. The molecule has 3 N–H and O–H groups in total. The molecule has 4 amide bonds. The largest absolute Gasteiger partial charge is 0.491 e. The topological polar surface area (TPSA) is 182 Å². The number of halogens is 4. The van der Waals surface area contributed by atoms with Crippen LogP contribution in [0.3, 0.4) is 0 Å². The molecule has 2 saturated carbocycles. The number of alkyl halides is 3. The smallest absolute Gasteiger partial charge is 0.427 e. The maximum atomic E-state index is 15.0. The van der Waals surface area contributed by atoms with Gasteiger partial charge in [0.25, 0.3) is 5.91 Å². The molecular weight excluding hydrogens is 791 g/mol. The van der Waals surface area contributed by atoms with E-state index < -0.39 is 92.2 Å². The Hall–Kier alpha value is -4.68. The second-order valence-corrected chi connectivity index (χ2v) is 18.3. The number of allylic oxidation sites excluding steroid dienone is 1. The molecule has 0 spiro atoms. The highest BCUT2D eigenvalue weighted by Gasteiger charge is 2.62. The minimum Gasteiger partial charge on any atom is -0.491 e. The van der Waals surface area contributed by atoms with Gasteiger partial charge in [-0.3, -0.25) is 19.1 Å². The van der Waals surface area contributed by atoms with Gasteiger partial charge in [0.05, 0.1) is 18.4 Å². The second kappa shape index (κ2) is 16.2. The number of nitrogens with zero attached hydrogens (tertiary/aromatic N) is 2. The molecule has 0 unspecified atom stereocenters. The maximum absolute atomic E-state index is 15.0. The highest BCUT2D eigenvalue weighted by molar-refractivity contribution is 7.91. The first kappa shape index (κ1) is 42.9. The zero-order chi connectivity index (χ0) is 42.4. The van der Waals surface area contributed by atoms with E-state index in [9.17, 15) is 40.8 Å². The number of amides is 4. The molecule has 58 heavy (non-hydrogen) atoms. The number of hydrogen-bond donors (Lipinski definition) is 3. The molecule has 14 nitrogen and oxygen atoms in total. The first-order valence-corrected chi connectivity index (χ1v) is 21.0. The van der Waals surface area contributed by atoms with E-state index >= 15 is 4.39 Å². The molecule has 3 heterocycles. The predicted octanol–water partition coefficient (Wildman–Crippen LogP) is 5.05. The Balaban J connectivity index is 1.35. The van der Waals surface area contributed by atoms with E-state index in [1.165, 1.54) is 18.3 Å². The van der Waals surface area contributed by atoms with Gasteiger partial charge < -0.3 is 29.7 Å². The van der Waals surface area contributed by atoms with Crippen molar-refractivity contribution in [1.82, 2.24) is 25.2 Å². The fraction of sp³-hybridized carbons (Fsp3) is 0.615. The fourth-order valence-corrected chi connectivity index (χ4v) is 8.97. The maximum Gasteiger partial charge on any atom is 0.427 e. The molecular formula is C39H49F4N5O9S. The van der Waals surface area contributed by atoms with Crippen molar-refractivity contribution in [3.8, 4) is 11.6 Å². The lowest BCUT2D eigenvalue weighted by Gasteiger charge is -2.34. The van der Waals surface area contributed by atoms with Crippen LogP contribution in [0, 0.1) is 23.6 Å². The molecule has 2 aliphatic carbocycles. The van der Waals surface area contributed by atoms with E-state index in [0.29, 0.717) is 51.3 Å². The third kappa shape index (κ3) is 9.13. The number of pyridine rings is 1. The van der Waals surface area contributed by atoms with Crippen molar-refractivity contribution in [3.05, 3.63) is 42.4 Å². The average Bonchev–Trinajstić information content (AvgIpc) is 4.05. The van der Waals surface area contributed by atoms with Crippen LogP contribution >= 0.6 is 0 Å². The molecule has 6 rings (SSSR count). The summed E-state index contributed by atoms with van der Waals surface area (Å²) in [7, 11) is -4.01. The molecule has 4 aliphatic rings. The van der Waals surface area contributed by atoms with E-state index in [0.717, 1.165) is 4.90 Å². The monoisotopic (exact) mass is 839 g/mol. The van der Waals surface area contributed by atoms with Gasteiger partial charge in [0.15, 0.2) is 11.6 Å². The third-order valence-electron chi connectivity index (χ3n) is 11.3. The number of aromatic nitrogens is 1. The number of fused-ring (bicyclic) bond motifs is 3. The van der Waals surface area contributed by atoms with Crippen LogP contribution in [-0.4, -0.2) is 96.0 Å². The number of hydrogen-bond acceptors (Lipinski definition) is 10. The van der Waals surface area contributed by atoms with Gasteiger partial charge >= 0.3 is 12.3 Å². The van der Waals surface area contributed by atoms with Gasteiger partial charge in [-0.15, -0.1) is 0 Å². The van der Waals surface area contributed by atoms with Crippen LogP contribution < -0.4 is 24.8 Å². The normalized spacial score (nSPS) is 28.9. The highest BCUT2D eigenvalue weighted by atomic mass is 32.2. The highest BCUT2D eigenvalue weighted by Crippen LogP contribution is 2.46. The number of rotatable bonds is 9. The summed E-state index contributed by atoms with van der Waals surface area (Å²) < 4.78 is 100. The standard InChI is InChI=1S/C39H49F4N5O9S/c1-6-55-30-16-23-13-14-44-33(27(23)18-28(30)40)56-25-17-29-32(49)46-38(35(51)47-58(53,54)26-11-12-26)19-24(38)10-8-7-9-21(2)15-22(3)31(34(50)48(29)20-25)45-36(52)57-37(4,5)39(41,42)43/h8,10,13-14,16,18,21-22,24-26,29,31H,6-7,9,11-12,15,17,19-20H2,1-5H3,(H,45,52)(H,46,49)(H,47,51)/b10-8-/t21-,22+,24+,25+,29-,31-,38+/m0/s1. The van der Waals surface area contributed by atoms with Gasteiger partial charge in [-0.2, -0.15) is 13.2 Å². The number of benzene rings is 1. The lowest BCUT2D eigenvalue weighted by molar-refractivity contribution is -0.244. The number of alkyl carbamates (subject to hydrolysis) is 1. The first-order valence-electron chi connectivity index (χ1n) is 19.4. The van der Waals surface area contributed by atoms with Crippen molar-refractivity contribution < 1.29 is 59.4 Å². The lowest BCUT2D eigenvalue weighted by atomic mass is 9.88. The Labute approximate surface area is 333 Å². The van der Waals surface area contributed by atoms with Crippen molar-refractivity contribution in [2.24, 2.45) is 17.8 Å². The first-order chi connectivity index (χ1) is 27.2.